The van der Waals surface area contributed by atoms with Gasteiger partial charge in [0, 0.05) is 4.88 Å². The van der Waals surface area contributed by atoms with E-state index in [-0.39, 0.29) is 11.8 Å². The normalized spacial score (nSPS) is 19.2. The maximum Gasteiger partial charge on any atom is 0.228 e. The van der Waals surface area contributed by atoms with Crippen molar-refractivity contribution >= 4 is 17.2 Å². The SMILES string of the molecule is CC(C)(C#N)NC(=O)C1CCCc2sccc21. The molecule has 17 heavy (non-hydrogen) atoms. The van der Waals surface area contributed by atoms with E-state index >= 15 is 0 Å². The van der Waals surface area contributed by atoms with Gasteiger partial charge < -0.3 is 5.32 Å². The minimum atomic E-state index is -0.787. The Morgan fingerprint density at radius 2 is 2.41 bits per heavy atom. The van der Waals surface area contributed by atoms with Gasteiger partial charge in [-0.05, 0) is 50.1 Å². The molecular formula is C13H16N2OS. The summed E-state index contributed by atoms with van der Waals surface area (Å²) in [6.07, 6.45) is 3.02. The van der Waals surface area contributed by atoms with Gasteiger partial charge in [0.25, 0.3) is 0 Å². The quantitative estimate of drug-likeness (QED) is 0.874. The average Bonchev–Trinajstić information content (AvgIpc) is 2.76. The third kappa shape index (κ3) is 2.50. The van der Waals surface area contributed by atoms with Crippen LogP contribution in [-0.2, 0) is 11.2 Å². The van der Waals surface area contributed by atoms with E-state index in [0.717, 1.165) is 24.8 Å². The van der Waals surface area contributed by atoms with Crippen LogP contribution in [0.15, 0.2) is 11.4 Å². The molecule has 2 rings (SSSR count). The second kappa shape index (κ2) is 4.50. The fraction of sp³-hybridized carbons (Fsp3) is 0.538. The molecule has 90 valence electrons. The third-order valence-corrected chi connectivity index (χ3v) is 4.08. The molecule has 1 heterocycles. The first-order chi connectivity index (χ1) is 8.03. The van der Waals surface area contributed by atoms with E-state index in [0.29, 0.717) is 0 Å². The van der Waals surface area contributed by atoms with Crippen molar-refractivity contribution in [2.24, 2.45) is 0 Å². The zero-order chi connectivity index (χ0) is 12.5. The molecule has 1 N–H and O–H groups in total. The Balaban J connectivity index is 2.16. The Bertz CT molecular complexity index is 470. The van der Waals surface area contributed by atoms with Crippen molar-refractivity contribution in [3.8, 4) is 6.07 Å². The summed E-state index contributed by atoms with van der Waals surface area (Å²) in [5.41, 5.74) is 0.373. The lowest BCUT2D eigenvalue weighted by Gasteiger charge is -2.25. The molecule has 0 aliphatic heterocycles. The van der Waals surface area contributed by atoms with Crippen LogP contribution in [-0.4, -0.2) is 11.4 Å². The number of nitrogens with zero attached hydrogens (tertiary/aromatic N) is 1. The molecule has 1 atom stereocenters. The minimum absolute atomic E-state index is 0.0177. The number of nitrogens with one attached hydrogen (secondary N) is 1. The van der Waals surface area contributed by atoms with E-state index in [2.05, 4.69) is 11.4 Å². The third-order valence-electron chi connectivity index (χ3n) is 3.08. The predicted molar refractivity (Wildman–Crippen MR) is 67.8 cm³/mol. The van der Waals surface area contributed by atoms with E-state index < -0.39 is 5.54 Å². The molecule has 0 saturated carbocycles. The highest BCUT2D eigenvalue weighted by molar-refractivity contribution is 7.10. The lowest BCUT2D eigenvalue weighted by Crippen LogP contribution is -2.44. The van der Waals surface area contributed by atoms with Crippen LogP contribution in [0.25, 0.3) is 0 Å². The number of thiophene rings is 1. The summed E-state index contributed by atoms with van der Waals surface area (Å²) in [6, 6.07) is 4.14. The van der Waals surface area contributed by atoms with Crippen molar-refractivity contribution in [2.45, 2.75) is 44.6 Å². The maximum atomic E-state index is 12.2. The number of nitriles is 1. The largest absolute Gasteiger partial charge is 0.338 e. The van der Waals surface area contributed by atoms with Gasteiger partial charge in [-0.3, -0.25) is 4.79 Å². The van der Waals surface area contributed by atoms with Crippen molar-refractivity contribution < 1.29 is 4.79 Å². The first kappa shape index (κ1) is 12.1. The molecule has 4 heteroatoms. The number of rotatable bonds is 2. The summed E-state index contributed by atoms with van der Waals surface area (Å²) in [4.78, 5) is 13.5. The van der Waals surface area contributed by atoms with Gasteiger partial charge in [-0.15, -0.1) is 11.3 Å². The first-order valence-corrected chi connectivity index (χ1v) is 6.71. The maximum absolute atomic E-state index is 12.2. The topological polar surface area (TPSA) is 52.9 Å². The zero-order valence-electron chi connectivity index (χ0n) is 10.1. The molecule has 0 bridgehead atoms. The molecule has 0 radical (unpaired) electrons. The number of carbonyl (C=O) groups excluding carboxylic acids is 1. The first-order valence-electron chi connectivity index (χ1n) is 5.83. The summed E-state index contributed by atoms with van der Waals surface area (Å²) in [7, 11) is 0. The molecule has 1 aromatic heterocycles. The molecule has 1 aliphatic rings. The highest BCUT2D eigenvalue weighted by Crippen LogP contribution is 2.35. The standard InChI is InChI=1S/C13H16N2OS/c1-13(2,8-14)15-12(16)10-4-3-5-11-9(10)6-7-17-11/h6-7,10H,3-5H2,1-2H3,(H,15,16). The van der Waals surface area contributed by atoms with Gasteiger partial charge >= 0.3 is 0 Å². The molecule has 1 aliphatic carbocycles. The number of hydrogen-bond donors (Lipinski definition) is 1. The van der Waals surface area contributed by atoms with Crippen molar-refractivity contribution in [3.63, 3.8) is 0 Å². The van der Waals surface area contributed by atoms with Gasteiger partial charge in [-0.1, -0.05) is 0 Å². The second-order valence-corrected chi connectivity index (χ2v) is 5.97. The summed E-state index contributed by atoms with van der Waals surface area (Å²) in [5.74, 6) is -0.0893. The van der Waals surface area contributed by atoms with Crippen LogP contribution in [0, 0.1) is 11.3 Å². The predicted octanol–water partition coefficient (Wildman–Crippen LogP) is 2.59. The van der Waals surface area contributed by atoms with Gasteiger partial charge in [0.15, 0.2) is 0 Å². The fourth-order valence-electron chi connectivity index (χ4n) is 2.18. The Kier molecular flexibility index (Phi) is 3.21. The highest BCUT2D eigenvalue weighted by atomic mass is 32.1. The van der Waals surface area contributed by atoms with E-state index in [4.69, 9.17) is 5.26 Å². The van der Waals surface area contributed by atoms with Crippen molar-refractivity contribution in [1.82, 2.24) is 5.32 Å². The Morgan fingerprint density at radius 1 is 1.65 bits per heavy atom. The highest BCUT2D eigenvalue weighted by Gasteiger charge is 2.30. The lowest BCUT2D eigenvalue weighted by molar-refractivity contribution is -0.123. The van der Waals surface area contributed by atoms with Crippen molar-refractivity contribution in [3.05, 3.63) is 21.9 Å². The summed E-state index contributed by atoms with van der Waals surface area (Å²) in [6.45, 7) is 3.45. The Morgan fingerprint density at radius 3 is 3.12 bits per heavy atom. The molecule has 1 aromatic rings. The van der Waals surface area contributed by atoms with Gasteiger partial charge in [0.1, 0.15) is 5.54 Å². The van der Waals surface area contributed by atoms with Crippen LogP contribution in [0.4, 0.5) is 0 Å². The van der Waals surface area contributed by atoms with Gasteiger partial charge in [-0.2, -0.15) is 5.26 Å². The fourth-order valence-corrected chi connectivity index (χ4v) is 3.17. The number of fused-ring (bicyclic) bond motifs is 1. The van der Waals surface area contributed by atoms with Crippen molar-refractivity contribution in [2.75, 3.05) is 0 Å². The van der Waals surface area contributed by atoms with Crippen LogP contribution >= 0.6 is 11.3 Å². The molecule has 0 aromatic carbocycles. The van der Waals surface area contributed by atoms with E-state index in [1.165, 1.54) is 4.88 Å². The van der Waals surface area contributed by atoms with Crippen LogP contribution in [0.1, 0.15) is 43.0 Å². The number of amides is 1. The molecule has 0 spiro atoms. The lowest BCUT2D eigenvalue weighted by atomic mass is 9.86. The Labute approximate surface area is 105 Å². The van der Waals surface area contributed by atoms with Crippen molar-refractivity contribution in [1.29, 1.82) is 5.26 Å². The number of aryl methyl sites for hydroxylation is 1. The summed E-state index contributed by atoms with van der Waals surface area (Å²) in [5, 5.41) is 13.8. The van der Waals surface area contributed by atoms with E-state index in [1.807, 2.05) is 11.4 Å². The molecule has 1 unspecified atom stereocenters. The van der Waals surface area contributed by atoms with Gasteiger partial charge in [-0.25, -0.2) is 0 Å². The Hall–Kier alpha value is -1.34. The average molecular weight is 248 g/mol. The van der Waals surface area contributed by atoms with E-state index in [1.54, 1.807) is 25.2 Å². The number of carbonyl (C=O) groups is 1. The van der Waals surface area contributed by atoms with Crippen LogP contribution in [0.5, 0.6) is 0 Å². The monoisotopic (exact) mass is 248 g/mol. The zero-order valence-corrected chi connectivity index (χ0v) is 10.9. The minimum Gasteiger partial charge on any atom is -0.338 e. The second-order valence-electron chi connectivity index (χ2n) is 4.97. The molecule has 1 amide bonds. The summed E-state index contributed by atoms with van der Waals surface area (Å²) < 4.78 is 0. The molecular weight excluding hydrogens is 232 g/mol. The molecule has 3 nitrogen and oxygen atoms in total. The van der Waals surface area contributed by atoms with Crippen LogP contribution in [0.2, 0.25) is 0 Å². The van der Waals surface area contributed by atoms with Gasteiger partial charge in [0.05, 0.1) is 12.0 Å². The number of hydrogen-bond acceptors (Lipinski definition) is 3. The van der Waals surface area contributed by atoms with Crippen LogP contribution in [0.3, 0.4) is 0 Å². The molecule has 0 fully saturated rings. The summed E-state index contributed by atoms with van der Waals surface area (Å²) >= 11 is 1.73. The van der Waals surface area contributed by atoms with E-state index in [9.17, 15) is 4.79 Å². The smallest absolute Gasteiger partial charge is 0.228 e. The molecule has 0 saturated heterocycles. The van der Waals surface area contributed by atoms with Gasteiger partial charge in [0.2, 0.25) is 5.91 Å². The van der Waals surface area contributed by atoms with Crippen LogP contribution < -0.4 is 5.32 Å².